The fourth-order valence-corrected chi connectivity index (χ4v) is 2.19. The summed E-state index contributed by atoms with van der Waals surface area (Å²) in [4.78, 5) is 12.3. The second-order valence-corrected chi connectivity index (χ2v) is 4.89. The van der Waals surface area contributed by atoms with E-state index in [0.717, 1.165) is 11.1 Å². The summed E-state index contributed by atoms with van der Waals surface area (Å²) in [5.74, 6) is 0.0715. The molecule has 0 radical (unpaired) electrons. The number of methoxy groups -OCH3 is 2. The number of amides is 1. The van der Waals surface area contributed by atoms with Crippen LogP contribution in [0.4, 0.5) is 0 Å². The molecule has 0 aliphatic rings. The van der Waals surface area contributed by atoms with Crippen LogP contribution in [0.1, 0.15) is 17.0 Å². The van der Waals surface area contributed by atoms with E-state index in [0.29, 0.717) is 12.4 Å². The number of para-hydroxylation sites is 1. The number of carbonyl (C=O) groups is 1. The number of ether oxygens (including phenoxy) is 2. The molecule has 0 saturated heterocycles. The van der Waals surface area contributed by atoms with E-state index in [2.05, 4.69) is 10.5 Å². The standard InChI is InChI=1S/C18H20N2O3/c1-22-13-16(14-8-4-3-5-9-14)18(21)20-19-12-15-10-6-7-11-17(15)23-2/h3-12,16H,13H2,1-2H3,(H,20,21). The number of hydrogen-bond acceptors (Lipinski definition) is 4. The Hall–Kier alpha value is -2.66. The number of hydrazone groups is 1. The van der Waals surface area contributed by atoms with Gasteiger partial charge in [-0.05, 0) is 17.7 Å². The van der Waals surface area contributed by atoms with Crippen LogP contribution in [0.15, 0.2) is 59.7 Å². The molecular formula is C18H20N2O3. The molecule has 5 nitrogen and oxygen atoms in total. The smallest absolute Gasteiger partial charge is 0.249 e. The molecule has 1 amide bonds. The van der Waals surface area contributed by atoms with E-state index in [4.69, 9.17) is 9.47 Å². The van der Waals surface area contributed by atoms with Crippen molar-refractivity contribution in [1.82, 2.24) is 5.43 Å². The zero-order valence-corrected chi connectivity index (χ0v) is 13.2. The van der Waals surface area contributed by atoms with E-state index in [-0.39, 0.29) is 5.91 Å². The number of rotatable bonds is 7. The van der Waals surface area contributed by atoms with Gasteiger partial charge in [0.25, 0.3) is 0 Å². The molecule has 1 unspecified atom stereocenters. The van der Waals surface area contributed by atoms with Crippen LogP contribution < -0.4 is 10.2 Å². The Labute approximate surface area is 135 Å². The van der Waals surface area contributed by atoms with Crippen molar-refractivity contribution in [2.24, 2.45) is 5.10 Å². The zero-order chi connectivity index (χ0) is 16.5. The highest BCUT2D eigenvalue weighted by Gasteiger charge is 2.19. The van der Waals surface area contributed by atoms with Crippen LogP contribution in [0.25, 0.3) is 0 Å². The Balaban J connectivity index is 2.06. The molecule has 0 aliphatic heterocycles. The van der Waals surface area contributed by atoms with Crippen LogP contribution in [0.5, 0.6) is 5.75 Å². The van der Waals surface area contributed by atoms with Gasteiger partial charge in [0.05, 0.1) is 25.8 Å². The first-order chi connectivity index (χ1) is 11.3. The molecule has 2 rings (SSSR count). The van der Waals surface area contributed by atoms with Crippen molar-refractivity contribution in [2.75, 3.05) is 20.8 Å². The summed E-state index contributed by atoms with van der Waals surface area (Å²) in [5, 5.41) is 4.02. The highest BCUT2D eigenvalue weighted by atomic mass is 16.5. The van der Waals surface area contributed by atoms with E-state index in [9.17, 15) is 4.79 Å². The van der Waals surface area contributed by atoms with Crippen molar-refractivity contribution >= 4 is 12.1 Å². The Morgan fingerprint density at radius 3 is 2.52 bits per heavy atom. The van der Waals surface area contributed by atoms with E-state index in [1.54, 1.807) is 20.4 Å². The Kier molecular flexibility index (Phi) is 6.32. The molecule has 0 bridgehead atoms. The van der Waals surface area contributed by atoms with Crippen molar-refractivity contribution < 1.29 is 14.3 Å². The van der Waals surface area contributed by atoms with Gasteiger partial charge in [0.15, 0.2) is 0 Å². The minimum absolute atomic E-state index is 0.218. The quantitative estimate of drug-likeness (QED) is 0.631. The summed E-state index contributed by atoms with van der Waals surface area (Å²) in [7, 11) is 3.16. The van der Waals surface area contributed by atoms with Gasteiger partial charge in [0.1, 0.15) is 5.75 Å². The van der Waals surface area contributed by atoms with E-state index < -0.39 is 5.92 Å². The van der Waals surface area contributed by atoms with Gasteiger partial charge in [0.2, 0.25) is 5.91 Å². The topological polar surface area (TPSA) is 59.9 Å². The summed E-state index contributed by atoms with van der Waals surface area (Å²) >= 11 is 0. The maximum absolute atomic E-state index is 12.3. The fourth-order valence-electron chi connectivity index (χ4n) is 2.19. The lowest BCUT2D eigenvalue weighted by Gasteiger charge is -2.14. The summed E-state index contributed by atoms with van der Waals surface area (Å²) in [6.07, 6.45) is 1.56. The second-order valence-electron chi connectivity index (χ2n) is 4.89. The van der Waals surface area contributed by atoms with Gasteiger partial charge in [-0.1, -0.05) is 42.5 Å². The largest absolute Gasteiger partial charge is 0.496 e. The van der Waals surface area contributed by atoms with Crippen LogP contribution in [-0.4, -0.2) is 32.9 Å². The first-order valence-electron chi connectivity index (χ1n) is 7.26. The van der Waals surface area contributed by atoms with E-state index in [1.807, 2.05) is 54.6 Å². The lowest BCUT2D eigenvalue weighted by molar-refractivity contribution is -0.123. The summed E-state index contributed by atoms with van der Waals surface area (Å²) in [6.45, 7) is 0.292. The Morgan fingerprint density at radius 1 is 1.13 bits per heavy atom. The van der Waals surface area contributed by atoms with Crippen molar-refractivity contribution in [1.29, 1.82) is 0 Å². The molecule has 0 spiro atoms. The van der Waals surface area contributed by atoms with Crippen LogP contribution in [0, 0.1) is 0 Å². The zero-order valence-electron chi connectivity index (χ0n) is 13.2. The van der Waals surface area contributed by atoms with Gasteiger partial charge >= 0.3 is 0 Å². The molecule has 0 aliphatic carbocycles. The molecule has 2 aromatic carbocycles. The van der Waals surface area contributed by atoms with Crippen molar-refractivity contribution in [3.05, 3.63) is 65.7 Å². The summed E-state index contributed by atoms with van der Waals surface area (Å²) in [5.41, 5.74) is 4.24. The maximum Gasteiger partial charge on any atom is 0.249 e. The van der Waals surface area contributed by atoms with Gasteiger partial charge < -0.3 is 9.47 Å². The maximum atomic E-state index is 12.3. The number of nitrogens with one attached hydrogen (secondary N) is 1. The van der Waals surface area contributed by atoms with E-state index in [1.165, 1.54) is 0 Å². The average molecular weight is 312 g/mol. The van der Waals surface area contributed by atoms with E-state index >= 15 is 0 Å². The fraction of sp³-hybridized carbons (Fsp3) is 0.222. The lowest BCUT2D eigenvalue weighted by atomic mass is 9.99. The number of nitrogens with zero attached hydrogens (tertiary/aromatic N) is 1. The first-order valence-corrected chi connectivity index (χ1v) is 7.26. The molecule has 1 N–H and O–H groups in total. The molecule has 0 saturated carbocycles. The third kappa shape index (κ3) is 4.66. The molecule has 0 aromatic heterocycles. The third-order valence-electron chi connectivity index (χ3n) is 3.37. The number of carbonyl (C=O) groups excluding carboxylic acids is 1. The van der Waals surface area contributed by atoms with Crippen molar-refractivity contribution in [3.63, 3.8) is 0 Å². The molecule has 0 fully saturated rings. The summed E-state index contributed by atoms with van der Waals surface area (Å²) in [6, 6.07) is 16.9. The Morgan fingerprint density at radius 2 is 1.83 bits per heavy atom. The predicted octanol–water partition coefficient (Wildman–Crippen LogP) is 2.58. The normalized spacial score (nSPS) is 12.1. The van der Waals surface area contributed by atoms with Gasteiger partial charge in [-0.15, -0.1) is 0 Å². The molecule has 5 heteroatoms. The minimum atomic E-state index is -0.406. The highest BCUT2D eigenvalue weighted by molar-refractivity contribution is 5.87. The SMILES string of the molecule is COCC(C(=O)NN=Cc1ccccc1OC)c1ccccc1. The Bertz CT molecular complexity index is 656. The van der Waals surface area contributed by atoms with Crippen LogP contribution >= 0.6 is 0 Å². The molecular weight excluding hydrogens is 292 g/mol. The molecule has 120 valence electrons. The second kappa shape index (κ2) is 8.70. The molecule has 1 atom stereocenters. The van der Waals surface area contributed by atoms with Crippen LogP contribution in [0.2, 0.25) is 0 Å². The average Bonchev–Trinajstić information content (AvgIpc) is 2.60. The third-order valence-corrected chi connectivity index (χ3v) is 3.37. The monoisotopic (exact) mass is 312 g/mol. The minimum Gasteiger partial charge on any atom is -0.496 e. The number of hydrogen-bond donors (Lipinski definition) is 1. The van der Waals surface area contributed by atoms with Gasteiger partial charge in [-0.2, -0.15) is 5.10 Å². The van der Waals surface area contributed by atoms with Crippen molar-refractivity contribution in [2.45, 2.75) is 5.92 Å². The van der Waals surface area contributed by atoms with Crippen LogP contribution in [-0.2, 0) is 9.53 Å². The van der Waals surface area contributed by atoms with Gasteiger partial charge in [0, 0.05) is 12.7 Å². The summed E-state index contributed by atoms with van der Waals surface area (Å²) < 4.78 is 10.4. The molecule has 23 heavy (non-hydrogen) atoms. The molecule has 0 heterocycles. The lowest BCUT2D eigenvalue weighted by Crippen LogP contribution is -2.28. The first kappa shape index (κ1) is 16.7. The van der Waals surface area contributed by atoms with Crippen molar-refractivity contribution in [3.8, 4) is 5.75 Å². The highest BCUT2D eigenvalue weighted by Crippen LogP contribution is 2.17. The van der Waals surface area contributed by atoms with Gasteiger partial charge in [-0.3, -0.25) is 4.79 Å². The molecule has 2 aromatic rings. The van der Waals surface area contributed by atoms with Crippen LogP contribution in [0.3, 0.4) is 0 Å². The predicted molar refractivity (Wildman–Crippen MR) is 89.8 cm³/mol. The number of benzene rings is 2. The van der Waals surface area contributed by atoms with Gasteiger partial charge in [-0.25, -0.2) is 5.43 Å².